The number of hydrogen-bond acceptors (Lipinski definition) is 3. The average Bonchev–Trinajstić information content (AvgIpc) is 2.93. The third kappa shape index (κ3) is 3.54. The van der Waals surface area contributed by atoms with E-state index in [9.17, 15) is 0 Å². The van der Waals surface area contributed by atoms with Crippen molar-refractivity contribution in [1.82, 2.24) is 5.32 Å². The predicted octanol–water partition coefficient (Wildman–Crippen LogP) is 5.32. The van der Waals surface area contributed by atoms with Gasteiger partial charge in [-0.3, -0.25) is 0 Å². The molecule has 1 unspecified atom stereocenters. The SMILES string of the molecule is CCOc1cc(Cl)c(C(NC)c2sccc2CC)cc1Cl. The van der Waals surface area contributed by atoms with Gasteiger partial charge in [0.15, 0.2) is 0 Å². The summed E-state index contributed by atoms with van der Waals surface area (Å²) in [6.07, 6.45) is 0.999. The van der Waals surface area contributed by atoms with Crippen LogP contribution in [0.1, 0.15) is 35.9 Å². The topological polar surface area (TPSA) is 21.3 Å². The van der Waals surface area contributed by atoms with Gasteiger partial charge in [-0.25, -0.2) is 0 Å². The molecule has 21 heavy (non-hydrogen) atoms. The third-order valence-electron chi connectivity index (χ3n) is 3.37. The normalized spacial score (nSPS) is 12.4. The molecule has 1 atom stereocenters. The van der Waals surface area contributed by atoms with Gasteiger partial charge in [-0.05, 0) is 49.0 Å². The minimum Gasteiger partial charge on any atom is -0.492 e. The van der Waals surface area contributed by atoms with Crippen LogP contribution < -0.4 is 10.1 Å². The van der Waals surface area contributed by atoms with Crippen LogP contribution >= 0.6 is 34.5 Å². The Labute approximate surface area is 140 Å². The van der Waals surface area contributed by atoms with E-state index in [4.69, 9.17) is 27.9 Å². The van der Waals surface area contributed by atoms with Crippen LogP contribution in [0.25, 0.3) is 0 Å². The largest absolute Gasteiger partial charge is 0.492 e. The summed E-state index contributed by atoms with van der Waals surface area (Å²) in [4.78, 5) is 1.28. The molecule has 0 fully saturated rings. The van der Waals surface area contributed by atoms with Crippen LogP contribution in [0, 0.1) is 0 Å². The zero-order chi connectivity index (χ0) is 15.4. The molecule has 114 valence electrons. The van der Waals surface area contributed by atoms with Crippen LogP contribution in [-0.2, 0) is 6.42 Å². The van der Waals surface area contributed by atoms with Gasteiger partial charge in [0.1, 0.15) is 5.75 Å². The van der Waals surface area contributed by atoms with E-state index in [1.54, 1.807) is 17.4 Å². The number of halogens is 2. The predicted molar refractivity (Wildman–Crippen MR) is 92.2 cm³/mol. The summed E-state index contributed by atoms with van der Waals surface area (Å²) in [5, 5.41) is 6.71. The van der Waals surface area contributed by atoms with Crippen molar-refractivity contribution in [1.29, 1.82) is 0 Å². The van der Waals surface area contributed by atoms with Crippen molar-refractivity contribution < 1.29 is 4.74 Å². The monoisotopic (exact) mass is 343 g/mol. The highest BCUT2D eigenvalue weighted by Gasteiger charge is 2.21. The van der Waals surface area contributed by atoms with Crippen LogP contribution in [0.3, 0.4) is 0 Å². The molecular formula is C16H19Cl2NOS. The van der Waals surface area contributed by atoms with Gasteiger partial charge in [0.05, 0.1) is 17.7 Å². The van der Waals surface area contributed by atoms with E-state index < -0.39 is 0 Å². The quantitative estimate of drug-likeness (QED) is 0.765. The Morgan fingerprint density at radius 3 is 2.62 bits per heavy atom. The molecule has 1 N–H and O–H groups in total. The van der Waals surface area contributed by atoms with Crippen molar-refractivity contribution in [3.05, 3.63) is 49.6 Å². The molecule has 2 nitrogen and oxygen atoms in total. The molecular weight excluding hydrogens is 325 g/mol. The number of aryl methyl sites for hydroxylation is 1. The number of rotatable bonds is 6. The molecule has 0 aliphatic carbocycles. The molecule has 0 spiro atoms. The summed E-state index contributed by atoms with van der Waals surface area (Å²) >= 11 is 14.5. The number of hydrogen-bond donors (Lipinski definition) is 1. The summed E-state index contributed by atoms with van der Waals surface area (Å²) in [5.74, 6) is 0.629. The van der Waals surface area contributed by atoms with E-state index in [1.165, 1.54) is 10.4 Å². The maximum absolute atomic E-state index is 6.45. The van der Waals surface area contributed by atoms with Gasteiger partial charge in [-0.2, -0.15) is 0 Å². The molecule has 5 heteroatoms. The highest BCUT2D eigenvalue weighted by atomic mass is 35.5. The second-order valence-electron chi connectivity index (χ2n) is 4.62. The summed E-state index contributed by atoms with van der Waals surface area (Å²) in [6.45, 7) is 4.65. The van der Waals surface area contributed by atoms with E-state index in [0.29, 0.717) is 22.4 Å². The molecule has 2 rings (SSSR count). The van der Waals surface area contributed by atoms with Gasteiger partial charge in [-0.1, -0.05) is 30.1 Å². The van der Waals surface area contributed by atoms with Crippen molar-refractivity contribution in [2.75, 3.05) is 13.7 Å². The molecule has 0 saturated heterocycles. The first kappa shape index (κ1) is 16.6. The first-order valence-electron chi connectivity index (χ1n) is 6.97. The van der Waals surface area contributed by atoms with Crippen molar-refractivity contribution >= 4 is 34.5 Å². The van der Waals surface area contributed by atoms with Crippen LogP contribution in [-0.4, -0.2) is 13.7 Å². The molecule has 1 aromatic carbocycles. The molecule has 0 bridgehead atoms. The van der Waals surface area contributed by atoms with Gasteiger partial charge in [0, 0.05) is 16.0 Å². The zero-order valence-electron chi connectivity index (χ0n) is 12.4. The number of ether oxygens (including phenoxy) is 1. The Kier molecular flexibility index (Phi) is 5.94. The number of nitrogens with one attached hydrogen (secondary N) is 1. The smallest absolute Gasteiger partial charge is 0.139 e. The van der Waals surface area contributed by atoms with Crippen LogP contribution in [0.5, 0.6) is 5.75 Å². The van der Waals surface area contributed by atoms with Crippen molar-refractivity contribution in [2.24, 2.45) is 0 Å². The van der Waals surface area contributed by atoms with E-state index in [-0.39, 0.29) is 6.04 Å². The lowest BCUT2D eigenvalue weighted by atomic mass is 10.0. The number of benzene rings is 1. The second kappa shape index (κ2) is 7.50. The zero-order valence-corrected chi connectivity index (χ0v) is 14.7. The highest BCUT2D eigenvalue weighted by molar-refractivity contribution is 7.10. The van der Waals surface area contributed by atoms with Gasteiger partial charge < -0.3 is 10.1 Å². The highest BCUT2D eigenvalue weighted by Crippen LogP contribution is 2.38. The Morgan fingerprint density at radius 2 is 2.00 bits per heavy atom. The summed E-state index contributed by atoms with van der Waals surface area (Å²) < 4.78 is 5.49. The number of thiophene rings is 1. The minimum atomic E-state index is 0.0422. The van der Waals surface area contributed by atoms with Crippen LogP contribution in [0.15, 0.2) is 23.6 Å². The lowest BCUT2D eigenvalue weighted by Crippen LogP contribution is -2.18. The molecule has 1 heterocycles. The summed E-state index contributed by atoms with van der Waals surface area (Å²) in [6, 6.07) is 5.90. The van der Waals surface area contributed by atoms with Gasteiger partial charge in [-0.15, -0.1) is 11.3 Å². The maximum atomic E-state index is 6.45. The van der Waals surface area contributed by atoms with E-state index in [2.05, 4.69) is 23.7 Å². The van der Waals surface area contributed by atoms with E-state index in [1.807, 2.05) is 20.0 Å². The average molecular weight is 344 g/mol. The van der Waals surface area contributed by atoms with Crippen molar-refractivity contribution in [2.45, 2.75) is 26.3 Å². The Hall–Kier alpha value is -0.740. The Morgan fingerprint density at radius 1 is 1.24 bits per heavy atom. The molecule has 0 aliphatic rings. The fourth-order valence-corrected chi connectivity index (χ4v) is 3.96. The van der Waals surface area contributed by atoms with Gasteiger partial charge >= 0.3 is 0 Å². The molecule has 2 aromatic rings. The molecule has 0 saturated carbocycles. The fourth-order valence-electron chi connectivity index (χ4n) is 2.35. The maximum Gasteiger partial charge on any atom is 0.139 e. The van der Waals surface area contributed by atoms with Crippen LogP contribution in [0.4, 0.5) is 0 Å². The molecule has 0 aliphatic heterocycles. The van der Waals surface area contributed by atoms with Gasteiger partial charge in [0.2, 0.25) is 0 Å². The third-order valence-corrected chi connectivity index (χ3v) is 5.02. The fraction of sp³-hybridized carbons (Fsp3) is 0.375. The standard InChI is InChI=1S/C16H19Cl2NOS/c1-4-10-6-7-21-16(10)15(19-3)11-8-13(18)14(20-5-2)9-12(11)17/h6-9,15,19H,4-5H2,1-3H3. The molecule has 0 amide bonds. The van der Waals surface area contributed by atoms with Crippen molar-refractivity contribution in [3.63, 3.8) is 0 Å². The molecule has 0 radical (unpaired) electrons. The van der Waals surface area contributed by atoms with E-state index in [0.717, 1.165) is 12.0 Å². The summed E-state index contributed by atoms with van der Waals surface area (Å²) in [5.41, 5.74) is 2.31. The second-order valence-corrected chi connectivity index (χ2v) is 6.38. The van der Waals surface area contributed by atoms with Gasteiger partial charge in [0.25, 0.3) is 0 Å². The van der Waals surface area contributed by atoms with E-state index >= 15 is 0 Å². The Bertz CT molecular complexity index is 612. The first-order chi connectivity index (χ1) is 10.1. The Balaban J connectivity index is 2.45. The minimum absolute atomic E-state index is 0.0422. The first-order valence-corrected chi connectivity index (χ1v) is 8.61. The lowest BCUT2D eigenvalue weighted by Gasteiger charge is -2.20. The van der Waals surface area contributed by atoms with Crippen LogP contribution in [0.2, 0.25) is 10.0 Å². The van der Waals surface area contributed by atoms with Crippen molar-refractivity contribution in [3.8, 4) is 5.75 Å². The lowest BCUT2D eigenvalue weighted by molar-refractivity contribution is 0.340. The summed E-state index contributed by atoms with van der Waals surface area (Å²) in [7, 11) is 1.94. The molecule has 1 aromatic heterocycles.